The van der Waals surface area contributed by atoms with Gasteiger partial charge in [-0.2, -0.15) is 11.8 Å². The average Bonchev–Trinajstić information content (AvgIpc) is 2.52. The molecule has 2 aliphatic rings. The summed E-state index contributed by atoms with van der Waals surface area (Å²) >= 11 is 1.98. The van der Waals surface area contributed by atoms with Gasteiger partial charge in [-0.05, 0) is 38.4 Å². The van der Waals surface area contributed by atoms with E-state index in [4.69, 9.17) is 0 Å². The van der Waals surface area contributed by atoms with E-state index in [1.807, 2.05) is 18.8 Å². The summed E-state index contributed by atoms with van der Waals surface area (Å²) in [5, 5.41) is 18.2. The van der Waals surface area contributed by atoms with E-state index < -0.39 is 5.60 Å². The summed E-state index contributed by atoms with van der Waals surface area (Å²) in [4.78, 5) is 4.33. The monoisotopic (exact) mass is 441 g/mol. The number of guanidine groups is 1. The first-order valence-corrected chi connectivity index (χ1v) is 9.66. The Hall–Kier alpha value is 0.310. The van der Waals surface area contributed by atoms with Gasteiger partial charge in [0, 0.05) is 24.9 Å². The molecule has 4 nitrogen and oxygen atoms in total. The van der Waals surface area contributed by atoms with Crippen LogP contribution in [-0.2, 0) is 0 Å². The fraction of sp³-hybridized carbons (Fsp3) is 0.938. The number of halogens is 1. The van der Waals surface area contributed by atoms with Gasteiger partial charge in [-0.25, -0.2) is 0 Å². The van der Waals surface area contributed by atoms with Gasteiger partial charge in [-0.15, -0.1) is 24.0 Å². The molecule has 0 bridgehead atoms. The number of nitrogens with one attached hydrogen (secondary N) is 2. The van der Waals surface area contributed by atoms with Crippen LogP contribution in [0.5, 0.6) is 0 Å². The zero-order valence-electron chi connectivity index (χ0n) is 13.9. The summed E-state index contributed by atoms with van der Waals surface area (Å²) < 4.78 is 0. The highest BCUT2D eigenvalue weighted by Gasteiger charge is 2.29. The minimum atomic E-state index is -0.537. The van der Waals surface area contributed by atoms with Crippen molar-refractivity contribution in [3.05, 3.63) is 0 Å². The number of aliphatic hydroxyl groups is 1. The Balaban J connectivity index is 0.00000242. The zero-order valence-corrected chi connectivity index (χ0v) is 17.1. The third kappa shape index (κ3) is 6.43. The quantitative estimate of drug-likeness (QED) is 0.357. The van der Waals surface area contributed by atoms with Crippen LogP contribution < -0.4 is 10.6 Å². The maximum atomic E-state index is 10.6. The highest BCUT2D eigenvalue weighted by Crippen LogP contribution is 2.28. The highest BCUT2D eigenvalue weighted by molar-refractivity contribution is 14.0. The van der Waals surface area contributed by atoms with E-state index in [0.29, 0.717) is 12.6 Å². The molecule has 0 spiro atoms. The molecule has 0 amide bonds. The van der Waals surface area contributed by atoms with E-state index in [-0.39, 0.29) is 24.0 Å². The van der Waals surface area contributed by atoms with Crippen LogP contribution in [0.2, 0.25) is 0 Å². The van der Waals surface area contributed by atoms with Gasteiger partial charge in [-0.3, -0.25) is 4.99 Å². The van der Waals surface area contributed by atoms with Gasteiger partial charge in [0.05, 0.1) is 5.60 Å². The minimum Gasteiger partial charge on any atom is -0.388 e. The maximum Gasteiger partial charge on any atom is 0.191 e. The van der Waals surface area contributed by atoms with Crippen molar-refractivity contribution in [2.24, 2.45) is 4.99 Å². The third-order valence-electron chi connectivity index (χ3n) is 4.89. The standard InChI is InChI=1S/C16H31N3OS.HI/c1-17-15(18-12-16(20)9-4-3-5-10-16)19-13-7-6-8-14(11-13)21-2;/h13-14,20H,3-12H2,1-2H3,(H2,17,18,19);1H. The Morgan fingerprint density at radius 2 is 1.95 bits per heavy atom. The van der Waals surface area contributed by atoms with Crippen molar-refractivity contribution < 1.29 is 5.11 Å². The van der Waals surface area contributed by atoms with Crippen molar-refractivity contribution in [1.29, 1.82) is 0 Å². The highest BCUT2D eigenvalue weighted by atomic mass is 127. The Labute approximate surface area is 156 Å². The number of hydrogen-bond donors (Lipinski definition) is 3. The van der Waals surface area contributed by atoms with Gasteiger partial charge in [-0.1, -0.05) is 25.7 Å². The summed E-state index contributed by atoms with van der Waals surface area (Å²) in [6, 6.07) is 0.517. The first-order valence-electron chi connectivity index (χ1n) is 8.37. The summed E-state index contributed by atoms with van der Waals surface area (Å²) in [5.41, 5.74) is -0.537. The second-order valence-electron chi connectivity index (χ2n) is 6.58. The van der Waals surface area contributed by atoms with Gasteiger partial charge in [0.15, 0.2) is 5.96 Å². The molecule has 2 fully saturated rings. The summed E-state index contributed by atoms with van der Waals surface area (Å²) in [6.07, 6.45) is 12.6. The average molecular weight is 441 g/mol. The largest absolute Gasteiger partial charge is 0.388 e. The number of aliphatic imine (C=N–C) groups is 1. The molecular formula is C16H32IN3OS. The van der Waals surface area contributed by atoms with Crippen LogP contribution in [0.1, 0.15) is 57.8 Å². The summed E-state index contributed by atoms with van der Waals surface area (Å²) in [7, 11) is 1.81. The normalized spacial score (nSPS) is 28.6. The first kappa shape index (κ1) is 20.4. The van der Waals surface area contributed by atoms with E-state index in [1.165, 1.54) is 32.1 Å². The second-order valence-corrected chi connectivity index (χ2v) is 7.71. The number of rotatable bonds is 4. The third-order valence-corrected chi connectivity index (χ3v) is 5.99. The van der Waals surface area contributed by atoms with Crippen LogP contribution >= 0.6 is 35.7 Å². The Morgan fingerprint density at radius 3 is 2.59 bits per heavy atom. The van der Waals surface area contributed by atoms with Crippen LogP contribution in [-0.4, -0.2) is 47.8 Å². The minimum absolute atomic E-state index is 0. The number of nitrogens with zero attached hydrogens (tertiary/aromatic N) is 1. The Bertz CT molecular complexity index is 348. The molecule has 0 heterocycles. The lowest BCUT2D eigenvalue weighted by Gasteiger charge is -2.34. The van der Waals surface area contributed by atoms with E-state index in [1.54, 1.807) is 0 Å². The molecule has 2 rings (SSSR count). The van der Waals surface area contributed by atoms with Gasteiger partial charge < -0.3 is 15.7 Å². The van der Waals surface area contributed by atoms with E-state index in [9.17, 15) is 5.11 Å². The number of hydrogen-bond acceptors (Lipinski definition) is 3. The van der Waals surface area contributed by atoms with Crippen molar-refractivity contribution in [2.75, 3.05) is 19.8 Å². The Morgan fingerprint density at radius 1 is 1.23 bits per heavy atom. The lowest BCUT2D eigenvalue weighted by molar-refractivity contribution is 0.00854. The van der Waals surface area contributed by atoms with Crippen molar-refractivity contribution in [3.8, 4) is 0 Å². The molecule has 3 N–H and O–H groups in total. The summed E-state index contributed by atoms with van der Waals surface area (Å²) in [5.74, 6) is 0.848. The second kappa shape index (κ2) is 10.2. The van der Waals surface area contributed by atoms with Gasteiger partial charge >= 0.3 is 0 Å². The van der Waals surface area contributed by atoms with Crippen LogP contribution in [0.15, 0.2) is 4.99 Å². The van der Waals surface area contributed by atoms with Crippen LogP contribution in [0, 0.1) is 0 Å². The number of thioether (sulfide) groups is 1. The molecule has 2 atom stereocenters. The van der Waals surface area contributed by atoms with Crippen molar-refractivity contribution in [1.82, 2.24) is 10.6 Å². The first-order chi connectivity index (χ1) is 10.1. The molecule has 6 heteroatoms. The van der Waals surface area contributed by atoms with Crippen molar-refractivity contribution in [3.63, 3.8) is 0 Å². The lowest BCUT2D eigenvalue weighted by atomic mass is 9.85. The molecule has 0 aliphatic heterocycles. The lowest BCUT2D eigenvalue weighted by Crippen LogP contribution is -2.51. The fourth-order valence-corrected chi connectivity index (χ4v) is 4.34. The predicted octanol–water partition coefficient (Wildman–Crippen LogP) is 3.14. The molecule has 2 saturated carbocycles. The van der Waals surface area contributed by atoms with Crippen LogP contribution in [0.4, 0.5) is 0 Å². The van der Waals surface area contributed by atoms with Crippen LogP contribution in [0.3, 0.4) is 0 Å². The molecule has 0 saturated heterocycles. The van der Waals surface area contributed by atoms with Gasteiger partial charge in [0.1, 0.15) is 0 Å². The predicted molar refractivity (Wildman–Crippen MR) is 108 cm³/mol. The molecular weight excluding hydrogens is 409 g/mol. The zero-order chi connectivity index (χ0) is 15.1. The maximum absolute atomic E-state index is 10.6. The molecule has 2 unspecified atom stereocenters. The molecule has 130 valence electrons. The molecule has 0 radical (unpaired) electrons. The smallest absolute Gasteiger partial charge is 0.191 e. The topological polar surface area (TPSA) is 56.7 Å². The van der Waals surface area contributed by atoms with E-state index in [2.05, 4.69) is 21.9 Å². The van der Waals surface area contributed by atoms with Crippen molar-refractivity contribution in [2.45, 2.75) is 74.7 Å². The molecule has 0 aromatic heterocycles. The Kier molecular flexibility index (Phi) is 9.47. The molecule has 2 aliphatic carbocycles. The van der Waals surface area contributed by atoms with E-state index >= 15 is 0 Å². The van der Waals surface area contributed by atoms with E-state index in [0.717, 1.165) is 36.9 Å². The molecule has 0 aromatic carbocycles. The van der Waals surface area contributed by atoms with Crippen LogP contribution in [0.25, 0.3) is 0 Å². The molecule has 22 heavy (non-hydrogen) atoms. The molecule has 0 aromatic rings. The SMILES string of the molecule is CN=C(NCC1(O)CCCCC1)NC1CCCC(SC)C1.I. The van der Waals surface area contributed by atoms with Gasteiger partial charge in [0.2, 0.25) is 0 Å². The van der Waals surface area contributed by atoms with Crippen molar-refractivity contribution >= 4 is 41.7 Å². The fourth-order valence-electron chi connectivity index (χ4n) is 3.51. The summed E-state index contributed by atoms with van der Waals surface area (Å²) in [6.45, 7) is 0.616. The van der Waals surface area contributed by atoms with Gasteiger partial charge in [0.25, 0.3) is 0 Å².